The van der Waals surface area contributed by atoms with Gasteiger partial charge in [-0.25, -0.2) is 13.1 Å². The summed E-state index contributed by atoms with van der Waals surface area (Å²) in [6.07, 6.45) is -0.849. The van der Waals surface area contributed by atoms with Crippen LogP contribution in [0.15, 0.2) is 47.4 Å². The van der Waals surface area contributed by atoms with Gasteiger partial charge in [0.1, 0.15) is 0 Å². The second-order valence-electron chi connectivity index (χ2n) is 5.98. The smallest absolute Gasteiger partial charge is 0.241 e. The standard InChI is InChI=1S/C18H23NO3S/c1-12-10-13(2)18(14(3)11-12)23(21,22)19-17(15(4)20)16-8-6-5-7-9-16/h5-11,15,17,19-20H,1-4H3. The molecule has 23 heavy (non-hydrogen) atoms. The molecule has 0 aliphatic heterocycles. The molecule has 0 fully saturated rings. The molecule has 2 aromatic carbocycles. The first-order chi connectivity index (χ1) is 10.7. The van der Waals surface area contributed by atoms with Crippen molar-refractivity contribution in [3.8, 4) is 0 Å². The Bertz CT molecular complexity index is 760. The maximum Gasteiger partial charge on any atom is 0.241 e. The third-order valence-electron chi connectivity index (χ3n) is 3.80. The van der Waals surface area contributed by atoms with Crippen LogP contribution in [0.4, 0.5) is 0 Å². The Kier molecular flexibility index (Phi) is 5.24. The van der Waals surface area contributed by atoms with Gasteiger partial charge < -0.3 is 5.11 Å². The molecule has 0 aliphatic carbocycles. The Morgan fingerprint density at radius 1 is 1.00 bits per heavy atom. The minimum atomic E-state index is -3.74. The summed E-state index contributed by atoms with van der Waals surface area (Å²) >= 11 is 0. The minimum Gasteiger partial charge on any atom is -0.391 e. The molecule has 0 saturated carbocycles. The van der Waals surface area contributed by atoms with Crippen molar-refractivity contribution in [2.75, 3.05) is 0 Å². The topological polar surface area (TPSA) is 66.4 Å². The van der Waals surface area contributed by atoms with E-state index in [4.69, 9.17) is 0 Å². The summed E-state index contributed by atoms with van der Waals surface area (Å²) in [4.78, 5) is 0.282. The number of hydrogen-bond donors (Lipinski definition) is 2. The first-order valence-electron chi connectivity index (χ1n) is 7.55. The van der Waals surface area contributed by atoms with Gasteiger partial charge in [-0.05, 0) is 44.4 Å². The number of rotatable bonds is 5. The summed E-state index contributed by atoms with van der Waals surface area (Å²) in [5.41, 5.74) is 3.15. The minimum absolute atomic E-state index is 0.282. The normalized spacial score (nSPS) is 14.5. The lowest BCUT2D eigenvalue weighted by atomic mass is 10.0. The highest BCUT2D eigenvalue weighted by Gasteiger charge is 2.27. The van der Waals surface area contributed by atoms with Gasteiger partial charge in [-0.2, -0.15) is 0 Å². The highest BCUT2D eigenvalue weighted by molar-refractivity contribution is 7.89. The van der Waals surface area contributed by atoms with E-state index in [-0.39, 0.29) is 4.90 Å². The lowest BCUT2D eigenvalue weighted by Gasteiger charge is -2.23. The molecule has 2 N–H and O–H groups in total. The Hall–Kier alpha value is -1.69. The van der Waals surface area contributed by atoms with Crippen LogP contribution in [0.2, 0.25) is 0 Å². The first kappa shape index (κ1) is 17.7. The number of aliphatic hydroxyl groups excluding tert-OH is 1. The molecular weight excluding hydrogens is 310 g/mol. The fourth-order valence-corrected chi connectivity index (χ4v) is 4.67. The van der Waals surface area contributed by atoms with E-state index in [0.717, 1.165) is 11.1 Å². The highest BCUT2D eigenvalue weighted by atomic mass is 32.2. The fraction of sp³-hybridized carbons (Fsp3) is 0.333. The van der Waals surface area contributed by atoms with Crippen molar-refractivity contribution < 1.29 is 13.5 Å². The monoisotopic (exact) mass is 333 g/mol. The summed E-state index contributed by atoms with van der Waals surface area (Å²) < 4.78 is 28.4. The first-order valence-corrected chi connectivity index (χ1v) is 9.04. The third-order valence-corrected chi connectivity index (χ3v) is 5.54. The molecule has 0 bridgehead atoms. The van der Waals surface area contributed by atoms with Gasteiger partial charge in [0.25, 0.3) is 0 Å². The zero-order chi connectivity index (χ0) is 17.2. The van der Waals surface area contributed by atoms with E-state index in [0.29, 0.717) is 11.1 Å². The van der Waals surface area contributed by atoms with Crippen molar-refractivity contribution in [2.24, 2.45) is 0 Å². The Morgan fingerprint density at radius 3 is 2.00 bits per heavy atom. The summed E-state index contributed by atoms with van der Waals surface area (Å²) in [5, 5.41) is 10.0. The van der Waals surface area contributed by atoms with E-state index in [2.05, 4.69) is 4.72 Å². The molecule has 0 aromatic heterocycles. The largest absolute Gasteiger partial charge is 0.391 e. The molecule has 2 atom stereocenters. The molecule has 0 spiro atoms. The molecule has 0 saturated heterocycles. The molecule has 4 nitrogen and oxygen atoms in total. The average molecular weight is 333 g/mol. The second-order valence-corrected chi connectivity index (χ2v) is 7.63. The molecule has 0 amide bonds. The highest BCUT2D eigenvalue weighted by Crippen LogP contribution is 2.25. The van der Waals surface area contributed by atoms with Crippen LogP contribution in [0.1, 0.15) is 35.2 Å². The summed E-state index contributed by atoms with van der Waals surface area (Å²) in [7, 11) is -3.74. The third kappa shape index (κ3) is 3.99. The Balaban J connectivity index is 2.44. The molecule has 0 radical (unpaired) electrons. The summed E-state index contributed by atoms with van der Waals surface area (Å²) in [6.45, 7) is 7.09. The number of sulfonamides is 1. The number of aliphatic hydroxyl groups is 1. The quantitative estimate of drug-likeness (QED) is 0.884. The predicted molar refractivity (Wildman–Crippen MR) is 91.8 cm³/mol. The van der Waals surface area contributed by atoms with Gasteiger partial charge in [-0.1, -0.05) is 48.0 Å². The maximum absolute atomic E-state index is 12.9. The Morgan fingerprint density at radius 2 is 1.52 bits per heavy atom. The molecule has 0 aliphatic rings. The van der Waals surface area contributed by atoms with E-state index >= 15 is 0 Å². The van der Waals surface area contributed by atoms with Crippen LogP contribution in [-0.2, 0) is 10.0 Å². The van der Waals surface area contributed by atoms with E-state index < -0.39 is 22.2 Å². The van der Waals surface area contributed by atoms with Gasteiger partial charge in [-0.3, -0.25) is 0 Å². The van der Waals surface area contributed by atoms with Crippen molar-refractivity contribution in [1.82, 2.24) is 4.72 Å². The van der Waals surface area contributed by atoms with Crippen LogP contribution < -0.4 is 4.72 Å². The van der Waals surface area contributed by atoms with Gasteiger partial charge in [0.05, 0.1) is 17.0 Å². The number of nitrogens with one attached hydrogen (secondary N) is 1. The summed E-state index contributed by atoms with van der Waals surface area (Å²) in [6, 6.07) is 12.1. The molecule has 2 unspecified atom stereocenters. The predicted octanol–water partition coefficient (Wildman–Crippen LogP) is 3.01. The zero-order valence-electron chi connectivity index (χ0n) is 13.9. The zero-order valence-corrected chi connectivity index (χ0v) is 14.7. The van der Waals surface area contributed by atoms with Crippen molar-refractivity contribution in [3.05, 3.63) is 64.7 Å². The van der Waals surface area contributed by atoms with Gasteiger partial charge in [0.15, 0.2) is 0 Å². The number of hydrogen-bond acceptors (Lipinski definition) is 3. The van der Waals surface area contributed by atoms with Crippen molar-refractivity contribution in [3.63, 3.8) is 0 Å². The average Bonchev–Trinajstić information content (AvgIpc) is 2.44. The van der Waals surface area contributed by atoms with Gasteiger partial charge in [-0.15, -0.1) is 0 Å². The molecule has 5 heteroatoms. The van der Waals surface area contributed by atoms with E-state index in [1.807, 2.05) is 37.3 Å². The molecule has 2 aromatic rings. The summed E-state index contributed by atoms with van der Waals surface area (Å²) in [5.74, 6) is 0. The van der Waals surface area contributed by atoms with Crippen LogP contribution in [-0.4, -0.2) is 19.6 Å². The van der Waals surface area contributed by atoms with Crippen molar-refractivity contribution in [2.45, 2.75) is 44.7 Å². The van der Waals surface area contributed by atoms with Crippen molar-refractivity contribution >= 4 is 10.0 Å². The van der Waals surface area contributed by atoms with Crippen LogP contribution in [0.5, 0.6) is 0 Å². The maximum atomic E-state index is 12.9. The lowest BCUT2D eigenvalue weighted by molar-refractivity contribution is 0.156. The van der Waals surface area contributed by atoms with Gasteiger partial charge in [0.2, 0.25) is 10.0 Å². The number of benzene rings is 2. The molecule has 0 heterocycles. The van der Waals surface area contributed by atoms with Crippen LogP contribution in [0, 0.1) is 20.8 Å². The van der Waals surface area contributed by atoms with Crippen LogP contribution >= 0.6 is 0 Å². The van der Waals surface area contributed by atoms with Crippen LogP contribution in [0.25, 0.3) is 0 Å². The molecule has 124 valence electrons. The van der Waals surface area contributed by atoms with Crippen molar-refractivity contribution in [1.29, 1.82) is 0 Å². The molecular formula is C18H23NO3S. The van der Waals surface area contributed by atoms with Crippen LogP contribution in [0.3, 0.4) is 0 Å². The van der Waals surface area contributed by atoms with Gasteiger partial charge >= 0.3 is 0 Å². The van der Waals surface area contributed by atoms with E-state index in [1.54, 1.807) is 32.9 Å². The lowest BCUT2D eigenvalue weighted by Crippen LogP contribution is -2.35. The second kappa shape index (κ2) is 6.83. The SMILES string of the molecule is Cc1cc(C)c(S(=O)(=O)NC(c2ccccc2)C(C)O)c(C)c1. The van der Waals surface area contributed by atoms with E-state index in [1.165, 1.54) is 0 Å². The number of aryl methyl sites for hydroxylation is 3. The molecule has 2 rings (SSSR count). The van der Waals surface area contributed by atoms with E-state index in [9.17, 15) is 13.5 Å². The Labute approximate surface area is 138 Å². The fourth-order valence-electron chi connectivity index (χ4n) is 2.92. The van der Waals surface area contributed by atoms with Gasteiger partial charge in [0, 0.05) is 0 Å².